The molecule has 0 amide bonds. The summed E-state index contributed by atoms with van der Waals surface area (Å²) in [5, 5.41) is 14.8. The van der Waals surface area contributed by atoms with Gasteiger partial charge in [-0.2, -0.15) is 0 Å². The fourth-order valence-corrected chi connectivity index (χ4v) is 3.77. The molecule has 0 aromatic carbocycles. The van der Waals surface area contributed by atoms with Gasteiger partial charge in [0.05, 0.1) is 4.88 Å². The summed E-state index contributed by atoms with van der Waals surface area (Å²) in [5.74, 6) is -0.236. The molecule has 0 radical (unpaired) electrons. The van der Waals surface area contributed by atoms with Gasteiger partial charge in [-0.1, -0.05) is 30.4 Å². The van der Waals surface area contributed by atoms with Crippen LogP contribution in [-0.4, -0.2) is 10.9 Å². The molecule has 0 aliphatic heterocycles. The van der Waals surface area contributed by atoms with Crippen molar-refractivity contribution in [3.8, 4) is 0 Å². The highest BCUT2D eigenvalue weighted by atomic mass is 32.1. The molecule has 0 saturated carbocycles. The van der Waals surface area contributed by atoms with Crippen LogP contribution in [0.3, 0.4) is 0 Å². The summed E-state index contributed by atoms with van der Waals surface area (Å²) >= 11 is 2.77. The Hall–Kier alpha value is -1.49. The van der Waals surface area contributed by atoms with Gasteiger partial charge in [0.1, 0.15) is 0 Å². The van der Waals surface area contributed by atoms with Crippen molar-refractivity contribution in [3.63, 3.8) is 0 Å². The SMILES string of the molecule is O=C(c1cccs1)C(O)(C1=CC=CC1)c1cccs1. The summed E-state index contributed by atoms with van der Waals surface area (Å²) in [5.41, 5.74) is -0.781. The van der Waals surface area contributed by atoms with Crippen molar-refractivity contribution in [2.45, 2.75) is 12.0 Å². The quantitative estimate of drug-likeness (QED) is 0.870. The van der Waals surface area contributed by atoms with Crippen LogP contribution in [0, 0.1) is 0 Å². The molecule has 0 bridgehead atoms. The maximum Gasteiger partial charge on any atom is 0.214 e. The smallest absolute Gasteiger partial charge is 0.214 e. The number of carbonyl (C=O) groups is 1. The molecule has 19 heavy (non-hydrogen) atoms. The van der Waals surface area contributed by atoms with Gasteiger partial charge in [0.15, 0.2) is 5.60 Å². The number of aliphatic hydroxyl groups is 1. The highest BCUT2D eigenvalue weighted by Crippen LogP contribution is 2.39. The second-order valence-corrected chi connectivity index (χ2v) is 6.21. The Morgan fingerprint density at radius 2 is 2.00 bits per heavy atom. The van der Waals surface area contributed by atoms with Crippen molar-refractivity contribution in [2.75, 3.05) is 0 Å². The molecule has 1 N–H and O–H groups in total. The van der Waals surface area contributed by atoms with Gasteiger partial charge in [0, 0.05) is 4.88 Å². The number of carbonyl (C=O) groups excluding carboxylic acids is 1. The first-order chi connectivity index (χ1) is 9.23. The van der Waals surface area contributed by atoms with Crippen LogP contribution in [0.4, 0.5) is 0 Å². The molecule has 1 unspecified atom stereocenters. The molecular formula is C15H12O2S2. The summed E-state index contributed by atoms with van der Waals surface area (Å²) in [6.45, 7) is 0. The zero-order chi connectivity index (χ0) is 13.3. The van der Waals surface area contributed by atoms with Crippen molar-refractivity contribution in [3.05, 3.63) is 68.6 Å². The Balaban J connectivity index is 2.09. The van der Waals surface area contributed by atoms with Gasteiger partial charge in [0.2, 0.25) is 5.78 Å². The van der Waals surface area contributed by atoms with Gasteiger partial charge in [0.25, 0.3) is 0 Å². The number of hydrogen-bond donors (Lipinski definition) is 1. The molecule has 0 saturated heterocycles. The first-order valence-corrected chi connectivity index (χ1v) is 7.69. The van der Waals surface area contributed by atoms with Crippen LogP contribution in [-0.2, 0) is 5.60 Å². The second-order valence-electron chi connectivity index (χ2n) is 4.32. The van der Waals surface area contributed by atoms with E-state index < -0.39 is 5.60 Å². The zero-order valence-corrected chi connectivity index (χ0v) is 11.7. The number of ketones is 1. The average Bonchev–Trinajstić information content (AvgIpc) is 3.19. The minimum atomic E-state index is -1.53. The fourth-order valence-electron chi connectivity index (χ4n) is 2.20. The Bertz CT molecular complexity index is 636. The van der Waals surface area contributed by atoms with Crippen LogP contribution in [0.15, 0.2) is 58.8 Å². The first kappa shape index (κ1) is 12.5. The maximum atomic E-state index is 12.7. The average molecular weight is 288 g/mol. The van der Waals surface area contributed by atoms with Crippen molar-refractivity contribution in [2.24, 2.45) is 0 Å². The van der Waals surface area contributed by atoms with E-state index in [1.165, 1.54) is 22.7 Å². The van der Waals surface area contributed by atoms with Gasteiger partial charge in [-0.05, 0) is 34.9 Å². The van der Waals surface area contributed by atoms with E-state index in [4.69, 9.17) is 0 Å². The fraction of sp³-hybridized carbons (Fsp3) is 0.133. The van der Waals surface area contributed by atoms with Gasteiger partial charge in [-0.15, -0.1) is 22.7 Å². The lowest BCUT2D eigenvalue weighted by molar-refractivity contribution is 0.0484. The van der Waals surface area contributed by atoms with Crippen molar-refractivity contribution < 1.29 is 9.90 Å². The monoisotopic (exact) mass is 288 g/mol. The minimum absolute atomic E-state index is 0.236. The van der Waals surface area contributed by atoms with Crippen LogP contribution >= 0.6 is 22.7 Å². The molecule has 2 aromatic rings. The molecule has 1 atom stereocenters. The van der Waals surface area contributed by atoms with E-state index in [1.807, 2.05) is 47.2 Å². The molecule has 0 spiro atoms. The molecular weight excluding hydrogens is 276 g/mol. The number of rotatable bonds is 4. The molecule has 96 valence electrons. The molecule has 1 aliphatic rings. The van der Waals surface area contributed by atoms with Crippen molar-refractivity contribution in [1.82, 2.24) is 0 Å². The van der Waals surface area contributed by atoms with Crippen LogP contribution in [0.2, 0.25) is 0 Å². The molecule has 4 heteroatoms. The van der Waals surface area contributed by atoms with Gasteiger partial charge >= 0.3 is 0 Å². The van der Waals surface area contributed by atoms with E-state index in [1.54, 1.807) is 6.07 Å². The van der Waals surface area contributed by atoms with Crippen LogP contribution < -0.4 is 0 Å². The van der Waals surface area contributed by atoms with Gasteiger partial charge in [-0.3, -0.25) is 4.79 Å². The Morgan fingerprint density at radius 1 is 1.21 bits per heavy atom. The number of hydrogen-bond acceptors (Lipinski definition) is 4. The van der Waals surface area contributed by atoms with Crippen LogP contribution in [0.1, 0.15) is 21.0 Å². The molecule has 2 aromatic heterocycles. The second kappa shape index (κ2) is 4.89. The minimum Gasteiger partial charge on any atom is -0.372 e. The number of Topliss-reactive ketones (excluding diaryl/α,β-unsaturated/α-hetero) is 1. The van der Waals surface area contributed by atoms with Crippen LogP contribution in [0.5, 0.6) is 0 Å². The number of allylic oxidation sites excluding steroid dienone is 3. The maximum absolute atomic E-state index is 12.7. The number of thiophene rings is 2. The summed E-state index contributed by atoms with van der Waals surface area (Å²) in [6, 6.07) is 7.26. The highest BCUT2D eigenvalue weighted by Gasteiger charge is 2.43. The van der Waals surface area contributed by atoms with E-state index in [0.29, 0.717) is 16.2 Å². The lowest BCUT2D eigenvalue weighted by Crippen LogP contribution is -2.36. The van der Waals surface area contributed by atoms with E-state index in [0.717, 1.165) is 5.57 Å². The lowest BCUT2D eigenvalue weighted by Gasteiger charge is -2.26. The van der Waals surface area contributed by atoms with Crippen molar-refractivity contribution >= 4 is 28.5 Å². The van der Waals surface area contributed by atoms with E-state index in [-0.39, 0.29) is 5.78 Å². The van der Waals surface area contributed by atoms with Gasteiger partial charge < -0.3 is 5.11 Å². The molecule has 0 fully saturated rings. The van der Waals surface area contributed by atoms with Crippen molar-refractivity contribution in [1.29, 1.82) is 0 Å². The lowest BCUT2D eigenvalue weighted by atomic mass is 9.86. The molecule has 2 heterocycles. The molecule has 2 nitrogen and oxygen atoms in total. The highest BCUT2D eigenvalue weighted by molar-refractivity contribution is 7.12. The predicted octanol–water partition coefficient (Wildman–Crippen LogP) is 3.77. The largest absolute Gasteiger partial charge is 0.372 e. The molecule has 1 aliphatic carbocycles. The Labute approximate surface area is 119 Å². The van der Waals surface area contributed by atoms with E-state index in [2.05, 4.69) is 0 Å². The van der Waals surface area contributed by atoms with Crippen LogP contribution in [0.25, 0.3) is 0 Å². The predicted molar refractivity (Wildman–Crippen MR) is 78.7 cm³/mol. The third-order valence-corrected chi connectivity index (χ3v) is 5.03. The zero-order valence-electron chi connectivity index (χ0n) is 10.1. The summed E-state index contributed by atoms with van der Waals surface area (Å²) in [4.78, 5) is 14.0. The van der Waals surface area contributed by atoms with Gasteiger partial charge in [-0.25, -0.2) is 0 Å². The summed E-state index contributed by atoms with van der Waals surface area (Å²) < 4.78 is 0. The first-order valence-electron chi connectivity index (χ1n) is 5.94. The van der Waals surface area contributed by atoms with E-state index >= 15 is 0 Å². The Kier molecular flexibility index (Phi) is 3.22. The topological polar surface area (TPSA) is 37.3 Å². The third-order valence-electron chi connectivity index (χ3n) is 3.19. The summed E-state index contributed by atoms with van der Waals surface area (Å²) in [7, 11) is 0. The normalized spacial score (nSPS) is 17.2. The molecule has 3 rings (SSSR count). The van der Waals surface area contributed by atoms with E-state index in [9.17, 15) is 9.90 Å². The Morgan fingerprint density at radius 3 is 2.58 bits per heavy atom. The standard InChI is InChI=1S/C15H12O2S2/c16-14(12-7-3-9-18-12)15(17,11-5-1-2-6-11)13-8-4-10-19-13/h1-5,7-10,17H,6H2. The summed E-state index contributed by atoms with van der Waals surface area (Å²) in [6.07, 6.45) is 6.29. The third kappa shape index (κ3) is 2.02.